The van der Waals surface area contributed by atoms with Crippen molar-refractivity contribution in [2.75, 3.05) is 11.9 Å². The van der Waals surface area contributed by atoms with Gasteiger partial charge in [0.1, 0.15) is 0 Å². The summed E-state index contributed by atoms with van der Waals surface area (Å²) >= 11 is 3.43. The van der Waals surface area contributed by atoms with Gasteiger partial charge in [-0.1, -0.05) is 12.1 Å². The number of rotatable bonds is 3. The van der Waals surface area contributed by atoms with E-state index in [1.54, 1.807) is 0 Å². The van der Waals surface area contributed by atoms with E-state index in [9.17, 15) is 0 Å². The topological polar surface area (TPSA) is 32.3 Å². The molecule has 0 heterocycles. The van der Waals surface area contributed by atoms with E-state index >= 15 is 0 Å². The highest BCUT2D eigenvalue weighted by Gasteiger charge is 2.16. The van der Waals surface area contributed by atoms with E-state index in [1.165, 1.54) is 0 Å². The van der Waals surface area contributed by atoms with Crippen LogP contribution in [0.4, 0.5) is 5.69 Å². The third kappa shape index (κ3) is 3.01. The number of hydrogen-bond donors (Lipinski definition) is 2. The van der Waals surface area contributed by atoms with Gasteiger partial charge < -0.3 is 10.4 Å². The van der Waals surface area contributed by atoms with Crippen LogP contribution in [0.2, 0.25) is 0 Å². The molecule has 0 saturated carbocycles. The van der Waals surface area contributed by atoms with Gasteiger partial charge in [0.05, 0.1) is 12.1 Å². The average molecular weight is 244 g/mol. The normalized spacial score (nSPS) is 11.4. The number of para-hydroxylation sites is 1. The number of aliphatic hydroxyl groups excluding tert-OH is 1. The number of aliphatic hydroxyl groups is 1. The first-order valence-electron chi connectivity index (χ1n) is 4.19. The predicted octanol–water partition coefficient (Wildman–Crippen LogP) is 2.63. The highest BCUT2D eigenvalue weighted by atomic mass is 79.9. The van der Waals surface area contributed by atoms with Gasteiger partial charge in [-0.3, -0.25) is 0 Å². The lowest BCUT2D eigenvalue weighted by Gasteiger charge is -2.25. The largest absolute Gasteiger partial charge is 0.394 e. The molecule has 3 heteroatoms. The maximum Gasteiger partial charge on any atom is 0.0656 e. The minimum absolute atomic E-state index is 0.105. The first kappa shape index (κ1) is 10.5. The van der Waals surface area contributed by atoms with Crippen molar-refractivity contribution < 1.29 is 5.11 Å². The van der Waals surface area contributed by atoms with Crippen LogP contribution in [-0.4, -0.2) is 17.3 Å². The second kappa shape index (κ2) is 4.11. The van der Waals surface area contributed by atoms with Crippen LogP contribution in [0, 0.1) is 0 Å². The quantitative estimate of drug-likeness (QED) is 0.856. The van der Waals surface area contributed by atoms with Gasteiger partial charge in [0.15, 0.2) is 0 Å². The van der Waals surface area contributed by atoms with Gasteiger partial charge in [0.2, 0.25) is 0 Å². The fourth-order valence-electron chi connectivity index (χ4n) is 0.967. The Hall–Kier alpha value is -0.540. The smallest absolute Gasteiger partial charge is 0.0656 e. The van der Waals surface area contributed by atoms with Crippen molar-refractivity contribution in [2.24, 2.45) is 0 Å². The Labute approximate surface area is 87.1 Å². The number of hydrogen-bond acceptors (Lipinski definition) is 2. The molecule has 0 saturated heterocycles. The van der Waals surface area contributed by atoms with Crippen molar-refractivity contribution in [1.82, 2.24) is 0 Å². The summed E-state index contributed by atoms with van der Waals surface area (Å²) in [7, 11) is 0. The molecule has 0 aliphatic carbocycles. The Kier molecular flexibility index (Phi) is 3.33. The summed E-state index contributed by atoms with van der Waals surface area (Å²) in [5.74, 6) is 0. The van der Waals surface area contributed by atoms with Crippen LogP contribution in [0.1, 0.15) is 13.8 Å². The van der Waals surface area contributed by atoms with Crippen LogP contribution in [-0.2, 0) is 0 Å². The molecular formula is C10H14BrNO. The SMILES string of the molecule is CC(C)(CO)Nc1ccccc1Br. The summed E-state index contributed by atoms with van der Waals surface area (Å²) in [6.45, 7) is 4.01. The molecule has 1 rings (SSSR count). The van der Waals surface area contributed by atoms with Crippen molar-refractivity contribution in [2.45, 2.75) is 19.4 Å². The van der Waals surface area contributed by atoms with Gasteiger partial charge in [-0.15, -0.1) is 0 Å². The maximum absolute atomic E-state index is 9.07. The zero-order chi connectivity index (χ0) is 9.90. The predicted molar refractivity (Wildman–Crippen MR) is 58.9 cm³/mol. The van der Waals surface area contributed by atoms with E-state index in [0.717, 1.165) is 10.2 Å². The van der Waals surface area contributed by atoms with Gasteiger partial charge in [0.25, 0.3) is 0 Å². The standard InChI is InChI=1S/C10H14BrNO/c1-10(2,7-13)12-9-6-4-3-5-8(9)11/h3-6,12-13H,7H2,1-2H3. The Balaban J connectivity index is 2.80. The molecule has 0 bridgehead atoms. The van der Waals surface area contributed by atoms with Crippen LogP contribution < -0.4 is 5.32 Å². The molecule has 1 aromatic rings. The Morgan fingerprint density at radius 3 is 2.54 bits per heavy atom. The monoisotopic (exact) mass is 243 g/mol. The highest BCUT2D eigenvalue weighted by Crippen LogP contribution is 2.24. The fourth-order valence-corrected chi connectivity index (χ4v) is 1.35. The van der Waals surface area contributed by atoms with E-state index in [0.29, 0.717) is 0 Å². The molecular weight excluding hydrogens is 230 g/mol. The molecule has 0 radical (unpaired) electrons. The van der Waals surface area contributed by atoms with Gasteiger partial charge in [-0.05, 0) is 41.9 Å². The van der Waals surface area contributed by atoms with Crippen molar-refractivity contribution >= 4 is 21.6 Å². The zero-order valence-electron chi connectivity index (χ0n) is 7.84. The van der Waals surface area contributed by atoms with Crippen LogP contribution in [0.5, 0.6) is 0 Å². The number of anilines is 1. The molecule has 0 unspecified atom stereocenters. The van der Waals surface area contributed by atoms with Gasteiger partial charge in [0, 0.05) is 10.2 Å². The summed E-state index contributed by atoms with van der Waals surface area (Å²) in [6.07, 6.45) is 0. The summed E-state index contributed by atoms with van der Waals surface area (Å²) in [4.78, 5) is 0. The molecule has 13 heavy (non-hydrogen) atoms. The maximum atomic E-state index is 9.07. The zero-order valence-corrected chi connectivity index (χ0v) is 9.43. The minimum atomic E-state index is -0.288. The molecule has 0 aliphatic rings. The lowest BCUT2D eigenvalue weighted by molar-refractivity contribution is 0.234. The number of halogens is 1. The minimum Gasteiger partial charge on any atom is -0.394 e. The summed E-state index contributed by atoms with van der Waals surface area (Å²) < 4.78 is 1.01. The molecule has 0 amide bonds. The average Bonchev–Trinajstić information content (AvgIpc) is 2.09. The Morgan fingerprint density at radius 1 is 1.38 bits per heavy atom. The first-order valence-corrected chi connectivity index (χ1v) is 4.98. The Morgan fingerprint density at radius 2 is 2.00 bits per heavy atom. The van der Waals surface area contributed by atoms with Crippen LogP contribution in [0.25, 0.3) is 0 Å². The van der Waals surface area contributed by atoms with Crippen molar-refractivity contribution in [3.63, 3.8) is 0 Å². The van der Waals surface area contributed by atoms with E-state index in [4.69, 9.17) is 5.11 Å². The van der Waals surface area contributed by atoms with E-state index in [-0.39, 0.29) is 12.1 Å². The van der Waals surface area contributed by atoms with Gasteiger partial charge in [-0.2, -0.15) is 0 Å². The van der Waals surface area contributed by atoms with Crippen molar-refractivity contribution in [3.8, 4) is 0 Å². The van der Waals surface area contributed by atoms with E-state index in [1.807, 2.05) is 38.1 Å². The highest BCUT2D eigenvalue weighted by molar-refractivity contribution is 9.10. The third-order valence-corrected chi connectivity index (χ3v) is 2.43. The van der Waals surface area contributed by atoms with Gasteiger partial charge >= 0.3 is 0 Å². The van der Waals surface area contributed by atoms with Crippen molar-refractivity contribution in [3.05, 3.63) is 28.7 Å². The van der Waals surface area contributed by atoms with Crippen LogP contribution >= 0.6 is 15.9 Å². The molecule has 0 atom stereocenters. The number of nitrogens with one attached hydrogen (secondary N) is 1. The molecule has 1 aromatic carbocycles. The van der Waals surface area contributed by atoms with E-state index < -0.39 is 0 Å². The fraction of sp³-hybridized carbons (Fsp3) is 0.400. The van der Waals surface area contributed by atoms with Gasteiger partial charge in [-0.25, -0.2) is 0 Å². The molecule has 2 N–H and O–H groups in total. The van der Waals surface area contributed by atoms with Crippen LogP contribution in [0.3, 0.4) is 0 Å². The summed E-state index contributed by atoms with van der Waals surface area (Å²) in [5.41, 5.74) is 0.714. The third-order valence-electron chi connectivity index (χ3n) is 1.74. The molecule has 72 valence electrons. The Bertz CT molecular complexity index is 286. The van der Waals surface area contributed by atoms with Crippen molar-refractivity contribution in [1.29, 1.82) is 0 Å². The second-order valence-corrected chi connectivity index (χ2v) is 4.50. The molecule has 0 spiro atoms. The summed E-state index contributed by atoms with van der Waals surface area (Å²) in [5, 5.41) is 12.3. The molecule has 0 aliphatic heterocycles. The summed E-state index contributed by atoms with van der Waals surface area (Å²) in [6, 6.07) is 7.86. The molecule has 2 nitrogen and oxygen atoms in total. The molecule has 0 fully saturated rings. The first-order chi connectivity index (χ1) is 6.05. The molecule has 0 aromatic heterocycles. The van der Waals surface area contributed by atoms with E-state index in [2.05, 4.69) is 21.2 Å². The second-order valence-electron chi connectivity index (χ2n) is 3.65. The number of benzene rings is 1. The van der Waals surface area contributed by atoms with Crippen LogP contribution in [0.15, 0.2) is 28.7 Å². The lowest BCUT2D eigenvalue weighted by Crippen LogP contribution is -2.34. The lowest BCUT2D eigenvalue weighted by atomic mass is 10.1.